The summed E-state index contributed by atoms with van der Waals surface area (Å²) in [6.07, 6.45) is 10.2. The second-order valence-electron chi connectivity index (χ2n) is 6.30. The van der Waals surface area contributed by atoms with Gasteiger partial charge in [-0.15, -0.1) is 0 Å². The second-order valence-corrected chi connectivity index (χ2v) is 6.30. The Kier molecular flexibility index (Phi) is 4.63. The summed E-state index contributed by atoms with van der Waals surface area (Å²) < 4.78 is 1.87. The molecule has 1 aliphatic carbocycles. The molecule has 1 saturated carbocycles. The van der Waals surface area contributed by atoms with Gasteiger partial charge in [-0.1, -0.05) is 6.92 Å². The molecule has 2 N–H and O–H groups in total. The third kappa shape index (κ3) is 3.37. The van der Waals surface area contributed by atoms with E-state index in [4.69, 9.17) is 5.73 Å². The van der Waals surface area contributed by atoms with E-state index in [1.54, 1.807) is 0 Å². The standard InChI is InChI=1S/C15H28N4/c1-13-4-7-15(12-16,8-5-13)18(2)9-6-14-10-17-19(3)11-14/h10-11,13H,4-9,12,16H2,1-3H3. The number of rotatable bonds is 5. The van der Waals surface area contributed by atoms with E-state index in [1.807, 2.05) is 17.9 Å². The van der Waals surface area contributed by atoms with Crippen molar-refractivity contribution in [2.75, 3.05) is 20.1 Å². The van der Waals surface area contributed by atoms with Crippen LogP contribution in [-0.4, -0.2) is 40.4 Å². The van der Waals surface area contributed by atoms with Crippen LogP contribution in [0.25, 0.3) is 0 Å². The summed E-state index contributed by atoms with van der Waals surface area (Å²) in [6.45, 7) is 4.20. The van der Waals surface area contributed by atoms with E-state index < -0.39 is 0 Å². The lowest BCUT2D eigenvalue weighted by atomic mass is 9.76. The van der Waals surface area contributed by atoms with E-state index in [0.29, 0.717) is 0 Å². The minimum atomic E-state index is 0.231. The highest BCUT2D eigenvalue weighted by Crippen LogP contribution is 2.35. The number of aryl methyl sites for hydroxylation is 1. The quantitative estimate of drug-likeness (QED) is 0.882. The summed E-state index contributed by atoms with van der Waals surface area (Å²) in [5.41, 5.74) is 7.64. The highest BCUT2D eigenvalue weighted by molar-refractivity contribution is 5.05. The molecule has 2 rings (SSSR count). The van der Waals surface area contributed by atoms with E-state index in [-0.39, 0.29) is 5.54 Å². The largest absolute Gasteiger partial charge is 0.329 e. The summed E-state index contributed by atoms with van der Waals surface area (Å²) in [4.78, 5) is 2.49. The second kappa shape index (κ2) is 6.06. The molecule has 1 aromatic rings. The van der Waals surface area contributed by atoms with Gasteiger partial charge in [0.15, 0.2) is 0 Å². The van der Waals surface area contributed by atoms with E-state index in [2.05, 4.69) is 30.2 Å². The Hall–Kier alpha value is -0.870. The highest BCUT2D eigenvalue weighted by Gasteiger charge is 2.36. The maximum atomic E-state index is 6.10. The molecule has 0 spiro atoms. The number of hydrogen-bond acceptors (Lipinski definition) is 3. The molecule has 0 amide bonds. The van der Waals surface area contributed by atoms with Crippen LogP contribution >= 0.6 is 0 Å². The van der Waals surface area contributed by atoms with Crippen molar-refractivity contribution in [1.82, 2.24) is 14.7 Å². The molecule has 1 aliphatic rings. The van der Waals surface area contributed by atoms with Gasteiger partial charge in [0.05, 0.1) is 6.20 Å². The van der Waals surface area contributed by atoms with E-state index in [9.17, 15) is 0 Å². The highest BCUT2D eigenvalue weighted by atomic mass is 15.2. The van der Waals surface area contributed by atoms with Crippen LogP contribution in [0.1, 0.15) is 38.2 Å². The molecular formula is C15H28N4. The maximum Gasteiger partial charge on any atom is 0.0522 e. The molecule has 0 atom stereocenters. The number of nitrogens with two attached hydrogens (primary N) is 1. The molecule has 0 bridgehead atoms. The van der Waals surface area contributed by atoms with Crippen molar-refractivity contribution in [2.24, 2.45) is 18.7 Å². The van der Waals surface area contributed by atoms with Gasteiger partial charge in [-0.2, -0.15) is 5.10 Å². The predicted octanol–water partition coefficient (Wildman–Crippen LogP) is 1.80. The van der Waals surface area contributed by atoms with Gasteiger partial charge in [-0.3, -0.25) is 9.58 Å². The van der Waals surface area contributed by atoms with Gasteiger partial charge in [0.2, 0.25) is 0 Å². The van der Waals surface area contributed by atoms with Crippen molar-refractivity contribution in [3.8, 4) is 0 Å². The first kappa shape index (κ1) is 14.5. The zero-order valence-corrected chi connectivity index (χ0v) is 12.6. The average Bonchev–Trinajstić information content (AvgIpc) is 2.83. The van der Waals surface area contributed by atoms with Gasteiger partial charge in [-0.05, 0) is 50.6 Å². The van der Waals surface area contributed by atoms with Crippen LogP contribution in [0.15, 0.2) is 12.4 Å². The van der Waals surface area contributed by atoms with Crippen molar-refractivity contribution < 1.29 is 0 Å². The van der Waals surface area contributed by atoms with E-state index >= 15 is 0 Å². The minimum Gasteiger partial charge on any atom is -0.329 e. The fraction of sp³-hybridized carbons (Fsp3) is 0.800. The molecule has 108 valence electrons. The van der Waals surface area contributed by atoms with Gasteiger partial charge in [-0.25, -0.2) is 0 Å². The van der Waals surface area contributed by atoms with Crippen LogP contribution in [-0.2, 0) is 13.5 Å². The van der Waals surface area contributed by atoms with Gasteiger partial charge in [0.25, 0.3) is 0 Å². The van der Waals surface area contributed by atoms with Crippen LogP contribution in [0.4, 0.5) is 0 Å². The molecule has 19 heavy (non-hydrogen) atoms. The van der Waals surface area contributed by atoms with E-state index in [0.717, 1.165) is 25.4 Å². The third-order valence-corrected chi connectivity index (χ3v) is 4.89. The SMILES string of the molecule is CC1CCC(CN)(N(C)CCc2cnn(C)c2)CC1. The van der Waals surface area contributed by atoms with Crippen molar-refractivity contribution in [3.63, 3.8) is 0 Å². The molecular weight excluding hydrogens is 236 g/mol. The fourth-order valence-corrected chi connectivity index (χ4v) is 3.18. The van der Waals surface area contributed by atoms with Gasteiger partial charge in [0, 0.05) is 31.9 Å². The number of hydrogen-bond donors (Lipinski definition) is 1. The lowest BCUT2D eigenvalue weighted by molar-refractivity contribution is 0.0689. The minimum absolute atomic E-state index is 0.231. The Bertz CT molecular complexity index is 391. The Balaban J connectivity index is 1.91. The van der Waals surface area contributed by atoms with Gasteiger partial charge >= 0.3 is 0 Å². The van der Waals surface area contributed by atoms with Crippen LogP contribution < -0.4 is 5.73 Å². The summed E-state index contributed by atoms with van der Waals surface area (Å²) in [7, 11) is 4.20. The van der Waals surface area contributed by atoms with Crippen molar-refractivity contribution in [3.05, 3.63) is 18.0 Å². The molecule has 4 nitrogen and oxygen atoms in total. The monoisotopic (exact) mass is 264 g/mol. The molecule has 0 saturated heterocycles. The zero-order valence-electron chi connectivity index (χ0n) is 12.6. The first-order valence-electron chi connectivity index (χ1n) is 7.44. The first-order chi connectivity index (χ1) is 9.05. The fourth-order valence-electron chi connectivity index (χ4n) is 3.18. The van der Waals surface area contributed by atoms with Crippen molar-refractivity contribution >= 4 is 0 Å². The number of aromatic nitrogens is 2. The topological polar surface area (TPSA) is 47.1 Å². The summed E-state index contributed by atoms with van der Waals surface area (Å²) in [5, 5.41) is 4.23. The van der Waals surface area contributed by atoms with Crippen LogP contribution in [0.2, 0.25) is 0 Å². The molecule has 0 unspecified atom stereocenters. The molecule has 4 heteroatoms. The van der Waals surface area contributed by atoms with Gasteiger partial charge in [0.1, 0.15) is 0 Å². The van der Waals surface area contributed by atoms with Crippen LogP contribution in [0, 0.1) is 5.92 Å². The number of nitrogens with zero attached hydrogens (tertiary/aromatic N) is 3. The smallest absolute Gasteiger partial charge is 0.0522 e. The molecule has 1 fully saturated rings. The molecule has 0 aliphatic heterocycles. The molecule has 1 aromatic heterocycles. The van der Waals surface area contributed by atoms with E-state index in [1.165, 1.54) is 31.2 Å². The maximum absolute atomic E-state index is 6.10. The third-order valence-electron chi connectivity index (χ3n) is 4.89. The van der Waals surface area contributed by atoms with Crippen LogP contribution in [0.5, 0.6) is 0 Å². The zero-order chi connectivity index (χ0) is 13.9. The Morgan fingerprint density at radius 3 is 2.68 bits per heavy atom. The molecule has 0 radical (unpaired) electrons. The summed E-state index contributed by atoms with van der Waals surface area (Å²) in [6, 6.07) is 0. The first-order valence-corrected chi connectivity index (χ1v) is 7.44. The Morgan fingerprint density at radius 1 is 1.47 bits per heavy atom. The lowest BCUT2D eigenvalue weighted by Crippen LogP contribution is -2.54. The normalized spacial score (nSPS) is 27.9. The lowest BCUT2D eigenvalue weighted by Gasteiger charge is -2.45. The molecule has 1 heterocycles. The summed E-state index contributed by atoms with van der Waals surface area (Å²) >= 11 is 0. The van der Waals surface area contributed by atoms with Crippen LogP contribution in [0.3, 0.4) is 0 Å². The number of likely N-dealkylation sites (N-methyl/N-ethyl adjacent to an activating group) is 1. The summed E-state index contributed by atoms with van der Waals surface area (Å²) in [5.74, 6) is 0.867. The predicted molar refractivity (Wildman–Crippen MR) is 79.0 cm³/mol. The average molecular weight is 264 g/mol. The Morgan fingerprint density at radius 2 is 2.16 bits per heavy atom. The molecule has 0 aromatic carbocycles. The van der Waals surface area contributed by atoms with Crippen molar-refractivity contribution in [1.29, 1.82) is 0 Å². The van der Waals surface area contributed by atoms with Crippen molar-refractivity contribution in [2.45, 2.75) is 44.6 Å². The Labute approximate surface area is 117 Å². The van der Waals surface area contributed by atoms with Gasteiger partial charge < -0.3 is 5.73 Å².